The minimum atomic E-state index is -3.58. The van der Waals surface area contributed by atoms with Crippen molar-refractivity contribution in [1.29, 1.82) is 0 Å². The van der Waals surface area contributed by atoms with Crippen molar-refractivity contribution in [3.63, 3.8) is 0 Å². The molecule has 1 aromatic heterocycles. The van der Waals surface area contributed by atoms with Gasteiger partial charge in [0, 0.05) is 50.1 Å². The fourth-order valence-corrected chi connectivity index (χ4v) is 4.80. The molecule has 1 amide bonds. The molecule has 2 aromatic rings. The Morgan fingerprint density at radius 1 is 1.27 bits per heavy atom. The molecule has 1 aliphatic heterocycles. The molecule has 2 heterocycles. The van der Waals surface area contributed by atoms with Crippen LogP contribution in [0, 0.1) is 0 Å². The molecule has 0 radical (unpaired) electrons. The summed E-state index contributed by atoms with van der Waals surface area (Å²) >= 11 is 1.51. The molecule has 1 saturated heterocycles. The van der Waals surface area contributed by atoms with Crippen LogP contribution in [0.15, 0.2) is 40.1 Å². The normalized spacial score (nSPS) is 16.5. The molecule has 140 valence electrons. The number of sulfonamides is 1. The minimum absolute atomic E-state index is 0.161. The molecule has 0 unspecified atom stereocenters. The van der Waals surface area contributed by atoms with Crippen LogP contribution >= 0.6 is 11.3 Å². The minimum Gasteiger partial charge on any atom is -0.352 e. The summed E-state index contributed by atoms with van der Waals surface area (Å²) < 4.78 is 27.1. The Morgan fingerprint density at radius 2 is 2.04 bits per heavy atom. The number of amides is 1. The Balaban J connectivity index is 1.66. The largest absolute Gasteiger partial charge is 0.352 e. The molecule has 1 N–H and O–H groups in total. The molecule has 1 aliphatic rings. The Kier molecular flexibility index (Phi) is 6.02. The number of carbonyl (C=O) groups is 1. The van der Waals surface area contributed by atoms with Crippen LogP contribution in [0.2, 0.25) is 0 Å². The van der Waals surface area contributed by atoms with E-state index in [-0.39, 0.29) is 10.8 Å². The molecule has 7 nitrogen and oxygen atoms in total. The molecular formula is C17H22N4O3S2. The number of carbonyl (C=O) groups excluding carboxylic acids is 1. The lowest BCUT2D eigenvalue weighted by Crippen LogP contribution is -2.47. The monoisotopic (exact) mass is 394 g/mol. The van der Waals surface area contributed by atoms with Gasteiger partial charge in [-0.05, 0) is 25.2 Å². The molecule has 3 rings (SSSR count). The highest BCUT2D eigenvalue weighted by Gasteiger charge is 2.27. The first kappa shape index (κ1) is 19.0. The Bertz CT molecular complexity index is 845. The first-order valence-corrected chi connectivity index (χ1v) is 10.8. The first-order valence-electron chi connectivity index (χ1n) is 8.41. The van der Waals surface area contributed by atoms with Crippen LogP contribution in [-0.2, 0) is 16.4 Å². The maximum atomic E-state index is 12.8. The third kappa shape index (κ3) is 4.47. The molecule has 0 spiro atoms. The zero-order chi connectivity index (χ0) is 18.6. The van der Waals surface area contributed by atoms with E-state index in [0.717, 1.165) is 5.69 Å². The fourth-order valence-electron chi connectivity index (χ4n) is 2.74. The van der Waals surface area contributed by atoms with E-state index in [4.69, 9.17) is 0 Å². The van der Waals surface area contributed by atoms with Crippen molar-refractivity contribution in [1.82, 2.24) is 19.5 Å². The molecule has 9 heteroatoms. The van der Waals surface area contributed by atoms with Crippen LogP contribution in [0.25, 0.3) is 0 Å². The van der Waals surface area contributed by atoms with Gasteiger partial charge in [-0.2, -0.15) is 4.31 Å². The van der Waals surface area contributed by atoms with Crippen molar-refractivity contribution >= 4 is 27.3 Å². The zero-order valence-electron chi connectivity index (χ0n) is 14.6. The topological polar surface area (TPSA) is 82.6 Å². The second-order valence-electron chi connectivity index (χ2n) is 6.22. The fraction of sp³-hybridized carbons (Fsp3) is 0.412. The quantitative estimate of drug-likeness (QED) is 0.792. The van der Waals surface area contributed by atoms with Crippen molar-refractivity contribution in [2.45, 2.75) is 11.3 Å². The highest BCUT2D eigenvalue weighted by Crippen LogP contribution is 2.18. The molecule has 0 atom stereocenters. The summed E-state index contributed by atoms with van der Waals surface area (Å²) in [6, 6.07) is 6.23. The van der Waals surface area contributed by atoms with Crippen LogP contribution < -0.4 is 5.32 Å². The smallest absolute Gasteiger partial charge is 0.251 e. The number of rotatable bonds is 6. The van der Waals surface area contributed by atoms with Gasteiger partial charge in [0.15, 0.2) is 0 Å². The molecule has 0 bridgehead atoms. The summed E-state index contributed by atoms with van der Waals surface area (Å²) in [4.78, 5) is 18.8. The predicted molar refractivity (Wildman–Crippen MR) is 101 cm³/mol. The molecule has 1 aromatic carbocycles. The van der Waals surface area contributed by atoms with Crippen LogP contribution in [-0.4, -0.2) is 68.3 Å². The zero-order valence-corrected chi connectivity index (χ0v) is 16.2. The van der Waals surface area contributed by atoms with Gasteiger partial charge >= 0.3 is 0 Å². The van der Waals surface area contributed by atoms with Gasteiger partial charge in [-0.1, -0.05) is 6.07 Å². The molecule has 0 aliphatic carbocycles. The van der Waals surface area contributed by atoms with Crippen molar-refractivity contribution in [3.8, 4) is 0 Å². The van der Waals surface area contributed by atoms with Crippen LogP contribution in [0.4, 0.5) is 0 Å². The third-order valence-electron chi connectivity index (χ3n) is 4.35. The molecule has 1 fully saturated rings. The van der Waals surface area contributed by atoms with Gasteiger partial charge in [-0.15, -0.1) is 11.3 Å². The van der Waals surface area contributed by atoms with E-state index < -0.39 is 10.0 Å². The standard InChI is InChI=1S/C17H22N4O3S2/c1-20-7-9-21(10-8-20)26(23,24)16-4-2-3-14(11-16)17(22)18-6-5-15-12-25-13-19-15/h2-4,11-13H,5-10H2,1H3,(H,18,22). The van der Waals surface area contributed by atoms with Crippen molar-refractivity contribution in [2.75, 3.05) is 39.8 Å². The number of thiazole rings is 1. The molecule has 26 heavy (non-hydrogen) atoms. The Labute approximate surface area is 157 Å². The molecule has 0 saturated carbocycles. The van der Waals surface area contributed by atoms with Gasteiger partial charge in [0.05, 0.1) is 16.1 Å². The van der Waals surface area contributed by atoms with Gasteiger partial charge in [0.2, 0.25) is 10.0 Å². The lowest BCUT2D eigenvalue weighted by molar-refractivity contribution is 0.0954. The highest BCUT2D eigenvalue weighted by atomic mass is 32.2. The van der Waals surface area contributed by atoms with Crippen molar-refractivity contribution in [3.05, 3.63) is 46.4 Å². The van der Waals surface area contributed by atoms with Crippen molar-refractivity contribution < 1.29 is 13.2 Å². The maximum absolute atomic E-state index is 12.8. The number of hydrogen-bond acceptors (Lipinski definition) is 6. The van der Waals surface area contributed by atoms with E-state index in [1.807, 2.05) is 12.4 Å². The predicted octanol–water partition coefficient (Wildman–Crippen LogP) is 1.05. The average Bonchev–Trinajstić information content (AvgIpc) is 3.15. The SMILES string of the molecule is CN1CCN(S(=O)(=O)c2cccc(C(=O)NCCc3cscn3)c2)CC1. The summed E-state index contributed by atoms with van der Waals surface area (Å²) in [7, 11) is -1.61. The van der Waals surface area contributed by atoms with Crippen molar-refractivity contribution in [2.24, 2.45) is 0 Å². The van der Waals surface area contributed by atoms with Gasteiger partial charge in [-0.25, -0.2) is 13.4 Å². The number of likely N-dealkylation sites (N-methyl/N-ethyl adjacent to an activating group) is 1. The Morgan fingerprint density at radius 3 is 2.73 bits per heavy atom. The van der Waals surface area contributed by atoms with E-state index in [1.165, 1.54) is 21.7 Å². The lowest BCUT2D eigenvalue weighted by Gasteiger charge is -2.31. The van der Waals surface area contributed by atoms with Gasteiger partial charge < -0.3 is 10.2 Å². The summed E-state index contributed by atoms with van der Waals surface area (Å²) in [6.07, 6.45) is 0.647. The second kappa shape index (κ2) is 8.26. The maximum Gasteiger partial charge on any atom is 0.251 e. The number of piperazine rings is 1. The van der Waals surface area contributed by atoms with E-state index >= 15 is 0 Å². The average molecular weight is 395 g/mol. The third-order valence-corrected chi connectivity index (χ3v) is 6.88. The lowest BCUT2D eigenvalue weighted by atomic mass is 10.2. The number of aromatic nitrogens is 1. The van der Waals surface area contributed by atoms with E-state index in [0.29, 0.717) is 44.7 Å². The Hall–Kier alpha value is -1.81. The summed E-state index contributed by atoms with van der Waals surface area (Å²) in [6.45, 7) is 2.79. The summed E-state index contributed by atoms with van der Waals surface area (Å²) in [5.74, 6) is -0.282. The number of benzene rings is 1. The number of nitrogens with one attached hydrogen (secondary N) is 1. The van der Waals surface area contributed by atoms with Gasteiger partial charge in [0.25, 0.3) is 5.91 Å². The highest BCUT2D eigenvalue weighted by molar-refractivity contribution is 7.89. The second-order valence-corrected chi connectivity index (χ2v) is 8.88. The van der Waals surface area contributed by atoms with E-state index in [2.05, 4.69) is 15.2 Å². The number of nitrogens with zero attached hydrogens (tertiary/aromatic N) is 3. The number of hydrogen-bond donors (Lipinski definition) is 1. The first-order chi connectivity index (χ1) is 12.5. The summed E-state index contributed by atoms with van der Waals surface area (Å²) in [5, 5.41) is 4.75. The van der Waals surface area contributed by atoms with Crippen LogP contribution in [0.3, 0.4) is 0 Å². The van der Waals surface area contributed by atoms with E-state index in [1.54, 1.807) is 23.7 Å². The molecular weight excluding hydrogens is 372 g/mol. The van der Waals surface area contributed by atoms with Crippen LogP contribution in [0.5, 0.6) is 0 Å². The van der Waals surface area contributed by atoms with Crippen LogP contribution in [0.1, 0.15) is 16.1 Å². The van der Waals surface area contributed by atoms with Gasteiger partial charge in [0.1, 0.15) is 0 Å². The van der Waals surface area contributed by atoms with Gasteiger partial charge in [-0.3, -0.25) is 4.79 Å². The summed E-state index contributed by atoms with van der Waals surface area (Å²) in [5.41, 5.74) is 3.03. The van der Waals surface area contributed by atoms with E-state index in [9.17, 15) is 13.2 Å².